The molecule has 1 unspecified atom stereocenters. The van der Waals surface area contributed by atoms with E-state index in [2.05, 4.69) is 10.4 Å². The van der Waals surface area contributed by atoms with Gasteiger partial charge in [-0.25, -0.2) is 9.59 Å². The van der Waals surface area contributed by atoms with Crippen molar-refractivity contribution >= 4 is 12.1 Å². The summed E-state index contributed by atoms with van der Waals surface area (Å²) in [6.45, 7) is 2.04. The normalized spacial score (nSPS) is 16.0. The Morgan fingerprint density at radius 2 is 2.08 bits per heavy atom. The van der Waals surface area contributed by atoms with E-state index in [9.17, 15) is 14.7 Å². The summed E-state index contributed by atoms with van der Waals surface area (Å²) in [5.74, 6) is -1.20. The van der Waals surface area contributed by atoms with Crippen molar-refractivity contribution in [2.75, 3.05) is 0 Å². The molecular weight excluding hydrogens is 322 g/mol. The Morgan fingerprint density at radius 3 is 2.64 bits per heavy atom. The fourth-order valence-electron chi connectivity index (χ4n) is 2.89. The Balaban J connectivity index is 1.71. The first-order chi connectivity index (χ1) is 12.0. The molecule has 0 spiro atoms. The van der Waals surface area contributed by atoms with Crippen molar-refractivity contribution in [2.24, 2.45) is 5.92 Å². The van der Waals surface area contributed by atoms with Crippen LogP contribution in [-0.2, 0) is 22.7 Å². The summed E-state index contributed by atoms with van der Waals surface area (Å²) < 4.78 is 6.77. The number of nitrogens with zero attached hydrogens (tertiary/aromatic N) is 2. The van der Waals surface area contributed by atoms with Crippen molar-refractivity contribution in [1.82, 2.24) is 15.1 Å². The number of hydrogen-bond donors (Lipinski definition) is 2. The van der Waals surface area contributed by atoms with Gasteiger partial charge >= 0.3 is 12.1 Å². The predicted octanol–water partition coefficient (Wildman–Crippen LogP) is 2.35. The van der Waals surface area contributed by atoms with E-state index < -0.39 is 17.6 Å². The van der Waals surface area contributed by atoms with Gasteiger partial charge in [0.15, 0.2) is 5.54 Å². The molecule has 25 heavy (non-hydrogen) atoms. The molecule has 0 bridgehead atoms. The fraction of sp³-hybridized carbons (Fsp3) is 0.389. The molecule has 3 rings (SSSR count). The Hall–Kier alpha value is -2.83. The minimum absolute atomic E-state index is 0.0707. The standard InChI is InChI=1S/C18H21N3O4/c1-13-9-19-21(10-13)12-18(16(22)23,15-7-8-15)20-17(24)25-11-14-5-3-2-4-6-14/h2-6,9-10,15H,7-8,11-12H2,1H3,(H,20,24)(H,22,23). The van der Waals surface area contributed by atoms with E-state index in [1.807, 2.05) is 37.3 Å². The molecule has 1 aliphatic rings. The number of carboxylic acid groups (broad SMARTS) is 1. The summed E-state index contributed by atoms with van der Waals surface area (Å²) in [7, 11) is 0. The average Bonchev–Trinajstić information content (AvgIpc) is 3.37. The van der Waals surface area contributed by atoms with E-state index in [0.717, 1.165) is 24.0 Å². The van der Waals surface area contributed by atoms with Gasteiger partial charge in [-0.1, -0.05) is 30.3 Å². The third kappa shape index (κ3) is 3.99. The maximum absolute atomic E-state index is 12.2. The van der Waals surface area contributed by atoms with E-state index in [1.54, 1.807) is 17.1 Å². The number of nitrogens with one attached hydrogen (secondary N) is 1. The van der Waals surface area contributed by atoms with Crippen LogP contribution < -0.4 is 5.32 Å². The summed E-state index contributed by atoms with van der Waals surface area (Å²) in [5, 5.41) is 16.6. The molecule has 2 aromatic rings. The quantitative estimate of drug-likeness (QED) is 0.805. The van der Waals surface area contributed by atoms with Crippen LogP contribution in [0.5, 0.6) is 0 Å². The lowest BCUT2D eigenvalue weighted by molar-refractivity contribution is -0.146. The Labute approximate surface area is 145 Å². The second kappa shape index (κ2) is 6.96. The van der Waals surface area contributed by atoms with Crippen molar-refractivity contribution in [2.45, 2.75) is 38.5 Å². The first-order valence-corrected chi connectivity index (χ1v) is 8.21. The molecule has 1 saturated carbocycles. The van der Waals surface area contributed by atoms with Crippen molar-refractivity contribution < 1.29 is 19.4 Å². The van der Waals surface area contributed by atoms with E-state index >= 15 is 0 Å². The second-order valence-corrected chi connectivity index (χ2v) is 6.45. The van der Waals surface area contributed by atoms with Gasteiger partial charge in [0, 0.05) is 6.20 Å². The minimum Gasteiger partial charge on any atom is -0.479 e. The van der Waals surface area contributed by atoms with Gasteiger partial charge in [0.1, 0.15) is 6.61 Å². The van der Waals surface area contributed by atoms with Crippen molar-refractivity contribution in [3.63, 3.8) is 0 Å². The van der Waals surface area contributed by atoms with Crippen LogP contribution in [0.3, 0.4) is 0 Å². The average molecular weight is 343 g/mol. The molecule has 132 valence electrons. The van der Waals surface area contributed by atoms with Crippen LogP contribution >= 0.6 is 0 Å². The van der Waals surface area contributed by atoms with Crippen LogP contribution in [0, 0.1) is 12.8 Å². The highest BCUT2D eigenvalue weighted by Gasteiger charge is 2.53. The molecule has 0 radical (unpaired) electrons. The zero-order chi connectivity index (χ0) is 17.9. The Kier molecular flexibility index (Phi) is 4.74. The van der Waals surface area contributed by atoms with Crippen LogP contribution in [-0.4, -0.2) is 32.5 Å². The van der Waals surface area contributed by atoms with Gasteiger partial charge in [-0.3, -0.25) is 4.68 Å². The monoisotopic (exact) mass is 343 g/mol. The van der Waals surface area contributed by atoms with Gasteiger partial charge in [-0.05, 0) is 36.8 Å². The summed E-state index contributed by atoms with van der Waals surface area (Å²) in [5.41, 5.74) is 0.362. The van der Waals surface area contributed by atoms with Crippen LogP contribution in [0.15, 0.2) is 42.7 Å². The first kappa shape index (κ1) is 17.0. The molecule has 7 nitrogen and oxygen atoms in total. The number of aromatic nitrogens is 2. The second-order valence-electron chi connectivity index (χ2n) is 6.45. The minimum atomic E-state index is -1.41. The molecule has 1 atom stereocenters. The van der Waals surface area contributed by atoms with Crippen molar-refractivity contribution in [3.05, 3.63) is 53.9 Å². The lowest BCUT2D eigenvalue weighted by Crippen LogP contribution is -2.59. The number of rotatable bonds is 7. The lowest BCUT2D eigenvalue weighted by Gasteiger charge is -2.30. The molecule has 1 heterocycles. The lowest BCUT2D eigenvalue weighted by atomic mass is 9.93. The number of hydrogen-bond acceptors (Lipinski definition) is 4. The number of alkyl carbamates (subject to hydrolysis) is 1. The Bertz CT molecular complexity index is 755. The van der Waals surface area contributed by atoms with E-state index in [-0.39, 0.29) is 19.1 Å². The molecule has 0 saturated heterocycles. The molecule has 1 aromatic carbocycles. The summed E-state index contributed by atoms with van der Waals surface area (Å²) in [6, 6.07) is 9.25. The smallest absolute Gasteiger partial charge is 0.408 e. The molecule has 7 heteroatoms. The highest BCUT2D eigenvalue weighted by atomic mass is 16.5. The molecule has 1 fully saturated rings. The Morgan fingerprint density at radius 1 is 1.36 bits per heavy atom. The third-order valence-corrected chi connectivity index (χ3v) is 4.37. The number of carbonyl (C=O) groups is 2. The topological polar surface area (TPSA) is 93.5 Å². The van der Waals surface area contributed by atoms with Crippen LogP contribution in [0.1, 0.15) is 24.0 Å². The zero-order valence-electron chi connectivity index (χ0n) is 14.0. The number of benzene rings is 1. The van der Waals surface area contributed by atoms with Gasteiger partial charge < -0.3 is 15.2 Å². The summed E-state index contributed by atoms with van der Waals surface area (Å²) >= 11 is 0. The number of carbonyl (C=O) groups excluding carboxylic acids is 1. The van der Waals surface area contributed by atoms with Crippen molar-refractivity contribution in [3.8, 4) is 0 Å². The first-order valence-electron chi connectivity index (χ1n) is 8.21. The van der Waals surface area contributed by atoms with E-state index in [1.165, 1.54) is 0 Å². The largest absolute Gasteiger partial charge is 0.479 e. The molecule has 2 N–H and O–H groups in total. The van der Waals surface area contributed by atoms with Crippen LogP contribution in [0.25, 0.3) is 0 Å². The van der Waals surface area contributed by atoms with Gasteiger partial charge in [0.05, 0.1) is 12.7 Å². The zero-order valence-corrected chi connectivity index (χ0v) is 14.0. The number of aryl methyl sites for hydroxylation is 1. The van der Waals surface area contributed by atoms with Crippen LogP contribution in [0.4, 0.5) is 4.79 Å². The number of amides is 1. The molecule has 1 amide bonds. The molecular formula is C18H21N3O4. The van der Waals surface area contributed by atoms with E-state index in [0.29, 0.717) is 0 Å². The van der Waals surface area contributed by atoms with Gasteiger partial charge in [0.25, 0.3) is 0 Å². The summed E-state index contributed by atoms with van der Waals surface area (Å²) in [6.07, 6.45) is 4.20. The van der Waals surface area contributed by atoms with E-state index in [4.69, 9.17) is 4.74 Å². The molecule has 1 aliphatic carbocycles. The summed E-state index contributed by atoms with van der Waals surface area (Å²) in [4.78, 5) is 24.3. The third-order valence-electron chi connectivity index (χ3n) is 4.37. The number of ether oxygens (including phenoxy) is 1. The van der Waals surface area contributed by atoms with Gasteiger partial charge in [-0.2, -0.15) is 5.10 Å². The van der Waals surface area contributed by atoms with Gasteiger partial charge in [-0.15, -0.1) is 0 Å². The maximum atomic E-state index is 12.2. The fourth-order valence-corrected chi connectivity index (χ4v) is 2.89. The predicted molar refractivity (Wildman–Crippen MR) is 89.8 cm³/mol. The number of aliphatic carboxylic acids is 1. The van der Waals surface area contributed by atoms with Crippen LogP contribution in [0.2, 0.25) is 0 Å². The molecule has 0 aliphatic heterocycles. The maximum Gasteiger partial charge on any atom is 0.408 e. The van der Waals surface area contributed by atoms with Crippen molar-refractivity contribution in [1.29, 1.82) is 0 Å². The SMILES string of the molecule is Cc1cnn(CC(NC(=O)OCc2ccccc2)(C(=O)O)C2CC2)c1. The number of carboxylic acids is 1. The molecule has 1 aromatic heterocycles. The highest BCUT2D eigenvalue weighted by Crippen LogP contribution is 2.41. The highest BCUT2D eigenvalue weighted by molar-refractivity contribution is 5.85. The van der Waals surface area contributed by atoms with Gasteiger partial charge in [0.2, 0.25) is 0 Å².